The minimum absolute atomic E-state index is 0.153. The van der Waals surface area contributed by atoms with Gasteiger partial charge in [-0.3, -0.25) is 9.79 Å². The fraction of sp³-hybridized carbons (Fsp3) is 0.556. The van der Waals surface area contributed by atoms with Gasteiger partial charge in [-0.1, -0.05) is 13.8 Å². The van der Waals surface area contributed by atoms with Crippen molar-refractivity contribution in [2.24, 2.45) is 22.4 Å². The second kappa shape index (κ2) is 5.35. The summed E-state index contributed by atoms with van der Waals surface area (Å²) in [5.41, 5.74) is 11.0. The number of allylic oxidation sites excluding steroid dienone is 1. The lowest BCUT2D eigenvalue weighted by Gasteiger charge is -2.01. The van der Waals surface area contributed by atoms with E-state index in [1.54, 1.807) is 13.1 Å². The van der Waals surface area contributed by atoms with E-state index in [9.17, 15) is 4.79 Å². The van der Waals surface area contributed by atoms with E-state index in [4.69, 9.17) is 11.5 Å². The van der Waals surface area contributed by atoms with E-state index >= 15 is 0 Å². The number of amides is 1. The minimum Gasteiger partial charge on any atom is -0.400 e. The van der Waals surface area contributed by atoms with Gasteiger partial charge in [-0.15, -0.1) is 0 Å². The predicted molar refractivity (Wildman–Crippen MR) is 54.0 cm³/mol. The number of carbonyl (C=O) groups excluding carboxylic acids is 1. The van der Waals surface area contributed by atoms with Gasteiger partial charge < -0.3 is 11.5 Å². The van der Waals surface area contributed by atoms with Crippen LogP contribution in [0.4, 0.5) is 0 Å². The Morgan fingerprint density at radius 1 is 1.54 bits per heavy atom. The van der Waals surface area contributed by atoms with Crippen LogP contribution in [0.25, 0.3) is 0 Å². The number of primary amides is 1. The monoisotopic (exact) mass is 183 g/mol. The molecule has 0 saturated carbocycles. The highest BCUT2D eigenvalue weighted by atomic mass is 16.1. The number of aliphatic imine (C=N–C) groups is 1. The summed E-state index contributed by atoms with van der Waals surface area (Å²) in [6, 6.07) is 0. The van der Waals surface area contributed by atoms with E-state index in [1.807, 2.05) is 13.8 Å². The molecule has 0 aliphatic carbocycles. The molecule has 0 bridgehead atoms. The number of hydrogen-bond donors (Lipinski definition) is 2. The van der Waals surface area contributed by atoms with Gasteiger partial charge >= 0.3 is 0 Å². The van der Waals surface area contributed by atoms with Crippen molar-refractivity contribution in [3.05, 3.63) is 11.4 Å². The highest BCUT2D eigenvalue weighted by Crippen LogP contribution is 2.02. The molecular weight excluding hydrogens is 166 g/mol. The van der Waals surface area contributed by atoms with Gasteiger partial charge in [0.05, 0.1) is 0 Å². The lowest BCUT2D eigenvalue weighted by Crippen LogP contribution is -2.17. The second-order valence-corrected chi connectivity index (χ2v) is 3.06. The third-order valence-electron chi connectivity index (χ3n) is 1.71. The molecule has 0 saturated heterocycles. The zero-order valence-electron chi connectivity index (χ0n) is 8.37. The Kier molecular flexibility index (Phi) is 4.80. The van der Waals surface area contributed by atoms with Crippen LogP contribution < -0.4 is 11.5 Å². The summed E-state index contributed by atoms with van der Waals surface area (Å²) in [6.45, 7) is 5.65. The Labute approximate surface area is 78.7 Å². The summed E-state index contributed by atoms with van der Waals surface area (Å²) in [5.74, 6) is -0.256. The van der Waals surface area contributed by atoms with Crippen LogP contribution >= 0.6 is 0 Å². The van der Waals surface area contributed by atoms with Gasteiger partial charge in [0.1, 0.15) is 5.70 Å². The van der Waals surface area contributed by atoms with E-state index in [0.29, 0.717) is 11.6 Å². The second-order valence-electron chi connectivity index (χ2n) is 3.06. The topological polar surface area (TPSA) is 81.5 Å². The molecule has 4 N–H and O–H groups in total. The van der Waals surface area contributed by atoms with Gasteiger partial charge in [-0.25, -0.2) is 0 Å². The van der Waals surface area contributed by atoms with Gasteiger partial charge in [0.15, 0.2) is 0 Å². The Balaban J connectivity index is 4.56. The molecule has 0 aromatic heterocycles. The van der Waals surface area contributed by atoms with Crippen molar-refractivity contribution in [2.45, 2.75) is 27.2 Å². The predicted octanol–water partition coefficient (Wildman–Crippen LogP) is 0.779. The average molecular weight is 183 g/mol. The van der Waals surface area contributed by atoms with Gasteiger partial charge in [-0.2, -0.15) is 0 Å². The van der Waals surface area contributed by atoms with E-state index in [-0.39, 0.29) is 5.70 Å². The molecule has 1 atom stereocenters. The maximum absolute atomic E-state index is 10.8. The summed E-state index contributed by atoms with van der Waals surface area (Å²) < 4.78 is 0. The Hall–Kier alpha value is -1.32. The summed E-state index contributed by atoms with van der Waals surface area (Å²) in [6.07, 6.45) is 2.66. The zero-order chi connectivity index (χ0) is 10.4. The molecule has 4 nitrogen and oxygen atoms in total. The van der Waals surface area contributed by atoms with Crippen LogP contribution in [-0.2, 0) is 4.79 Å². The summed E-state index contributed by atoms with van der Waals surface area (Å²) in [4.78, 5) is 14.8. The van der Waals surface area contributed by atoms with E-state index < -0.39 is 5.91 Å². The van der Waals surface area contributed by atoms with Crippen molar-refractivity contribution < 1.29 is 4.79 Å². The van der Waals surface area contributed by atoms with E-state index in [2.05, 4.69) is 4.99 Å². The van der Waals surface area contributed by atoms with Gasteiger partial charge in [0.2, 0.25) is 0 Å². The molecule has 74 valence electrons. The van der Waals surface area contributed by atoms with Crippen molar-refractivity contribution in [1.29, 1.82) is 0 Å². The summed E-state index contributed by atoms with van der Waals surface area (Å²) in [7, 11) is 0. The molecule has 0 rings (SSSR count). The molecule has 0 aliphatic rings. The lowest BCUT2D eigenvalue weighted by molar-refractivity contribution is -0.114. The van der Waals surface area contributed by atoms with Crippen LogP contribution in [0.1, 0.15) is 27.2 Å². The standard InChI is InChI=1S/C9H17N3O/c1-4-6(2)5-12-8(7(3)10)9(11)13/h5-6H,4,10H2,1-3H3,(H2,11,13)/b8-7+,12-5?. The van der Waals surface area contributed by atoms with Gasteiger partial charge in [0.25, 0.3) is 5.91 Å². The highest BCUT2D eigenvalue weighted by Gasteiger charge is 2.05. The van der Waals surface area contributed by atoms with E-state index in [0.717, 1.165) is 6.42 Å². The number of rotatable bonds is 4. The number of nitrogens with zero attached hydrogens (tertiary/aromatic N) is 1. The smallest absolute Gasteiger partial charge is 0.269 e. The Bertz CT molecular complexity index is 239. The molecule has 4 heteroatoms. The van der Waals surface area contributed by atoms with Crippen molar-refractivity contribution in [2.75, 3.05) is 0 Å². The summed E-state index contributed by atoms with van der Waals surface area (Å²) >= 11 is 0. The molecule has 0 aromatic carbocycles. The number of nitrogens with two attached hydrogens (primary N) is 2. The van der Waals surface area contributed by atoms with Crippen LogP contribution in [0.15, 0.2) is 16.4 Å². The van der Waals surface area contributed by atoms with Crippen LogP contribution in [0.2, 0.25) is 0 Å². The molecule has 0 fully saturated rings. The van der Waals surface area contributed by atoms with Gasteiger partial charge in [0, 0.05) is 11.9 Å². The highest BCUT2D eigenvalue weighted by molar-refractivity contribution is 5.93. The van der Waals surface area contributed by atoms with Crippen molar-refractivity contribution in [1.82, 2.24) is 0 Å². The van der Waals surface area contributed by atoms with Crippen LogP contribution in [0.3, 0.4) is 0 Å². The first kappa shape index (κ1) is 11.7. The third-order valence-corrected chi connectivity index (χ3v) is 1.71. The maximum atomic E-state index is 10.8. The zero-order valence-corrected chi connectivity index (χ0v) is 8.37. The molecule has 0 radical (unpaired) electrons. The first-order chi connectivity index (χ1) is 5.99. The quantitative estimate of drug-likeness (QED) is 0.498. The van der Waals surface area contributed by atoms with Crippen LogP contribution in [0.5, 0.6) is 0 Å². The maximum Gasteiger partial charge on any atom is 0.269 e. The molecule has 1 amide bonds. The molecule has 13 heavy (non-hydrogen) atoms. The molecule has 0 spiro atoms. The summed E-state index contributed by atoms with van der Waals surface area (Å²) in [5, 5.41) is 0. The van der Waals surface area contributed by atoms with Crippen molar-refractivity contribution >= 4 is 12.1 Å². The average Bonchev–Trinajstić information content (AvgIpc) is 2.03. The Morgan fingerprint density at radius 3 is 2.38 bits per heavy atom. The van der Waals surface area contributed by atoms with Gasteiger partial charge in [-0.05, 0) is 19.3 Å². The minimum atomic E-state index is -0.584. The Morgan fingerprint density at radius 2 is 2.08 bits per heavy atom. The van der Waals surface area contributed by atoms with Crippen molar-refractivity contribution in [3.8, 4) is 0 Å². The molecule has 0 aliphatic heterocycles. The fourth-order valence-corrected chi connectivity index (χ4v) is 0.667. The molecular formula is C9H17N3O. The van der Waals surface area contributed by atoms with Crippen molar-refractivity contribution in [3.63, 3.8) is 0 Å². The van der Waals surface area contributed by atoms with Crippen LogP contribution in [-0.4, -0.2) is 12.1 Å². The van der Waals surface area contributed by atoms with Crippen LogP contribution in [0, 0.1) is 5.92 Å². The molecule has 0 heterocycles. The SMILES string of the molecule is CCC(C)C=N/C(C(N)=O)=C(\C)N. The lowest BCUT2D eigenvalue weighted by atomic mass is 10.1. The largest absolute Gasteiger partial charge is 0.400 e. The number of hydrogen-bond acceptors (Lipinski definition) is 3. The number of carbonyl (C=O) groups is 1. The first-order valence-corrected chi connectivity index (χ1v) is 4.29. The first-order valence-electron chi connectivity index (χ1n) is 4.29. The molecule has 1 unspecified atom stereocenters. The fourth-order valence-electron chi connectivity index (χ4n) is 0.667. The molecule has 0 aromatic rings. The normalized spacial score (nSPS) is 15.6. The van der Waals surface area contributed by atoms with E-state index in [1.165, 1.54) is 0 Å². The third kappa shape index (κ3) is 4.30.